The summed E-state index contributed by atoms with van der Waals surface area (Å²) in [5.41, 5.74) is 2.25. The number of nitrogens with zero attached hydrogens (tertiary/aromatic N) is 3. The second-order valence-electron chi connectivity index (χ2n) is 4.51. The lowest BCUT2D eigenvalue weighted by Crippen LogP contribution is -2.30. The topological polar surface area (TPSA) is 59.8 Å². The molecule has 1 amide bonds. The predicted octanol–water partition coefficient (Wildman–Crippen LogP) is 1.69. The fourth-order valence-corrected chi connectivity index (χ4v) is 2.00. The quantitative estimate of drug-likeness (QED) is 0.879. The first kappa shape index (κ1) is 14.6. The van der Waals surface area contributed by atoms with Gasteiger partial charge >= 0.3 is 0 Å². The van der Waals surface area contributed by atoms with Crippen LogP contribution < -0.4 is 5.32 Å². The van der Waals surface area contributed by atoms with Crippen LogP contribution in [0.15, 0.2) is 36.9 Å². The molecule has 1 atom stereocenters. The van der Waals surface area contributed by atoms with Crippen LogP contribution >= 0.6 is 11.8 Å². The highest BCUT2D eigenvalue weighted by atomic mass is 32.2. The number of amides is 1. The third kappa shape index (κ3) is 4.09. The molecule has 5 nitrogen and oxygen atoms in total. The van der Waals surface area contributed by atoms with Crippen molar-refractivity contribution in [3.05, 3.63) is 48.0 Å². The Hall–Kier alpha value is -1.82. The summed E-state index contributed by atoms with van der Waals surface area (Å²) >= 11 is 1.54. The Labute approximate surface area is 122 Å². The number of rotatable bonds is 6. The highest BCUT2D eigenvalue weighted by molar-refractivity contribution is 7.99. The summed E-state index contributed by atoms with van der Waals surface area (Å²) < 4.78 is 1.77. The summed E-state index contributed by atoms with van der Waals surface area (Å²) in [7, 11) is 0. The zero-order valence-corrected chi connectivity index (χ0v) is 12.4. The number of carbonyl (C=O) groups is 1. The average Bonchev–Trinajstić information content (AvgIpc) is 2.98. The summed E-state index contributed by atoms with van der Waals surface area (Å²) in [6.07, 6.45) is 5.15. The molecule has 2 rings (SSSR count). The van der Waals surface area contributed by atoms with Crippen molar-refractivity contribution >= 4 is 17.7 Å². The van der Waals surface area contributed by atoms with E-state index in [-0.39, 0.29) is 11.2 Å². The maximum atomic E-state index is 11.7. The Morgan fingerprint density at radius 2 is 2.05 bits per heavy atom. The second-order valence-corrected chi connectivity index (χ2v) is 5.68. The maximum absolute atomic E-state index is 11.7. The number of nitrogens with one attached hydrogen (secondary N) is 1. The molecular formula is C14H18N4OS. The molecule has 0 unspecified atom stereocenters. The SMILES string of the molecule is CS[C@H](C)C(=O)NCc1ccc(Cn2cncn2)cc1. The zero-order chi connectivity index (χ0) is 14.4. The van der Waals surface area contributed by atoms with Crippen LogP contribution in [-0.4, -0.2) is 32.2 Å². The van der Waals surface area contributed by atoms with Gasteiger partial charge in [0.2, 0.25) is 5.91 Å². The molecule has 0 spiro atoms. The van der Waals surface area contributed by atoms with Gasteiger partial charge in [0.05, 0.1) is 11.8 Å². The Morgan fingerprint density at radius 1 is 1.35 bits per heavy atom. The van der Waals surface area contributed by atoms with E-state index in [2.05, 4.69) is 15.4 Å². The second kappa shape index (κ2) is 7.09. The molecule has 0 aliphatic carbocycles. The largest absolute Gasteiger partial charge is 0.351 e. The molecule has 6 heteroatoms. The minimum atomic E-state index is -0.0124. The summed E-state index contributed by atoms with van der Waals surface area (Å²) in [5.74, 6) is 0.0733. The molecule has 0 bridgehead atoms. The van der Waals surface area contributed by atoms with Crippen molar-refractivity contribution in [2.45, 2.75) is 25.3 Å². The minimum absolute atomic E-state index is 0.0124. The van der Waals surface area contributed by atoms with Crippen LogP contribution in [0, 0.1) is 0 Å². The Balaban J connectivity index is 1.87. The van der Waals surface area contributed by atoms with E-state index in [1.54, 1.807) is 22.8 Å². The molecule has 1 aromatic heterocycles. The molecule has 106 valence electrons. The smallest absolute Gasteiger partial charge is 0.233 e. The molecule has 0 fully saturated rings. The molecule has 1 heterocycles. The highest BCUT2D eigenvalue weighted by Crippen LogP contribution is 2.07. The van der Waals surface area contributed by atoms with Crippen LogP contribution in [0.4, 0.5) is 0 Å². The van der Waals surface area contributed by atoms with Crippen LogP contribution in [0.1, 0.15) is 18.1 Å². The van der Waals surface area contributed by atoms with E-state index in [0.717, 1.165) is 11.1 Å². The van der Waals surface area contributed by atoms with Gasteiger partial charge in [0, 0.05) is 6.54 Å². The summed E-state index contributed by atoms with van der Waals surface area (Å²) in [6, 6.07) is 8.13. The summed E-state index contributed by atoms with van der Waals surface area (Å²) in [4.78, 5) is 15.6. The molecule has 1 aromatic carbocycles. The molecule has 0 saturated carbocycles. The van der Waals surface area contributed by atoms with E-state index in [1.807, 2.05) is 37.4 Å². The van der Waals surface area contributed by atoms with E-state index < -0.39 is 0 Å². The monoisotopic (exact) mass is 290 g/mol. The van der Waals surface area contributed by atoms with Gasteiger partial charge in [-0.3, -0.25) is 4.79 Å². The van der Waals surface area contributed by atoms with E-state index in [0.29, 0.717) is 13.1 Å². The number of carbonyl (C=O) groups excluding carboxylic acids is 1. The van der Waals surface area contributed by atoms with Crippen LogP contribution in [0.5, 0.6) is 0 Å². The molecule has 0 radical (unpaired) electrons. The standard InChI is InChI=1S/C14H18N4OS/c1-11(20-2)14(19)16-7-12-3-5-13(6-4-12)8-18-10-15-9-17-18/h3-6,9-11H,7-8H2,1-2H3,(H,16,19)/t11-/m1/s1. The number of hydrogen-bond donors (Lipinski definition) is 1. The Bertz CT molecular complexity index is 539. The van der Waals surface area contributed by atoms with E-state index in [4.69, 9.17) is 0 Å². The third-order valence-corrected chi connectivity index (χ3v) is 3.94. The van der Waals surface area contributed by atoms with Gasteiger partial charge < -0.3 is 5.32 Å². The molecule has 20 heavy (non-hydrogen) atoms. The highest BCUT2D eigenvalue weighted by Gasteiger charge is 2.09. The lowest BCUT2D eigenvalue weighted by Gasteiger charge is -2.10. The van der Waals surface area contributed by atoms with Crippen molar-refractivity contribution in [1.29, 1.82) is 0 Å². The van der Waals surface area contributed by atoms with Gasteiger partial charge in [-0.25, -0.2) is 9.67 Å². The summed E-state index contributed by atoms with van der Waals surface area (Å²) in [5, 5.41) is 6.98. The molecule has 0 aliphatic heterocycles. The van der Waals surface area contributed by atoms with Gasteiger partial charge in [0.1, 0.15) is 12.7 Å². The van der Waals surface area contributed by atoms with Gasteiger partial charge in [-0.05, 0) is 24.3 Å². The van der Waals surface area contributed by atoms with E-state index in [9.17, 15) is 4.79 Å². The van der Waals surface area contributed by atoms with Crippen molar-refractivity contribution < 1.29 is 4.79 Å². The van der Waals surface area contributed by atoms with Crippen molar-refractivity contribution in [3.8, 4) is 0 Å². The first-order valence-electron chi connectivity index (χ1n) is 6.40. The summed E-state index contributed by atoms with van der Waals surface area (Å²) in [6.45, 7) is 3.17. The van der Waals surface area contributed by atoms with Crippen molar-refractivity contribution in [2.24, 2.45) is 0 Å². The van der Waals surface area contributed by atoms with Crippen molar-refractivity contribution in [3.63, 3.8) is 0 Å². The molecule has 0 saturated heterocycles. The predicted molar refractivity (Wildman–Crippen MR) is 80.4 cm³/mol. The molecule has 1 N–H and O–H groups in total. The normalized spacial score (nSPS) is 12.1. The van der Waals surface area contributed by atoms with E-state index >= 15 is 0 Å². The lowest BCUT2D eigenvalue weighted by atomic mass is 10.1. The fraction of sp³-hybridized carbons (Fsp3) is 0.357. The Morgan fingerprint density at radius 3 is 2.65 bits per heavy atom. The van der Waals surface area contributed by atoms with Crippen molar-refractivity contribution in [1.82, 2.24) is 20.1 Å². The molecule has 0 aliphatic rings. The number of thioether (sulfide) groups is 1. The van der Waals surface area contributed by atoms with Crippen LogP contribution in [0.25, 0.3) is 0 Å². The number of hydrogen-bond acceptors (Lipinski definition) is 4. The first-order chi connectivity index (χ1) is 9.69. The Kier molecular flexibility index (Phi) is 5.17. The van der Waals surface area contributed by atoms with Crippen LogP contribution in [0.2, 0.25) is 0 Å². The van der Waals surface area contributed by atoms with Gasteiger partial charge in [0.25, 0.3) is 0 Å². The van der Waals surface area contributed by atoms with Gasteiger partial charge in [-0.2, -0.15) is 16.9 Å². The van der Waals surface area contributed by atoms with Gasteiger partial charge in [-0.15, -0.1) is 0 Å². The third-order valence-electron chi connectivity index (χ3n) is 3.02. The molecule has 2 aromatic rings. The maximum Gasteiger partial charge on any atom is 0.233 e. The van der Waals surface area contributed by atoms with E-state index in [1.165, 1.54) is 6.33 Å². The fourth-order valence-electron chi connectivity index (χ4n) is 1.70. The van der Waals surface area contributed by atoms with Crippen LogP contribution in [0.3, 0.4) is 0 Å². The number of aromatic nitrogens is 3. The first-order valence-corrected chi connectivity index (χ1v) is 7.68. The van der Waals surface area contributed by atoms with Crippen LogP contribution in [-0.2, 0) is 17.9 Å². The van der Waals surface area contributed by atoms with Gasteiger partial charge in [0.15, 0.2) is 0 Å². The minimum Gasteiger partial charge on any atom is -0.351 e. The zero-order valence-electron chi connectivity index (χ0n) is 11.6. The van der Waals surface area contributed by atoms with Crippen molar-refractivity contribution in [2.75, 3.05) is 6.26 Å². The van der Waals surface area contributed by atoms with Gasteiger partial charge in [-0.1, -0.05) is 24.3 Å². The number of benzene rings is 1. The average molecular weight is 290 g/mol. The molecular weight excluding hydrogens is 272 g/mol. The lowest BCUT2D eigenvalue weighted by molar-refractivity contribution is -0.120.